The van der Waals surface area contributed by atoms with Gasteiger partial charge >= 0.3 is 0 Å². The van der Waals surface area contributed by atoms with Crippen molar-refractivity contribution in [1.29, 1.82) is 0 Å². The molecule has 2 amide bonds. The third kappa shape index (κ3) is 3.96. The summed E-state index contributed by atoms with van der Waals surface area (Å²) in [4.78, 5) is 30.5. The third-order valence-corrected chi connectivity index (χ3v) is 5.20. The SMILES string of the molecule is CC(c1ccccc1)N(C)CC(=O)N1CCN(C(=O)C2CC2)CC1. The zero-order chi connectivity index (χ0) is 17.1. The molecule has 1 heterocycles. The highest BCUT2D eigenvalue weighted by Gasteiger charge is 2.35. The first kappa shape index (κ1) is 17.0. The van der Waals surface area contributed by atoms with Crippen LogP contribution in [0.3, 0.4) is 0 Å². The minimum atomic E-state index is 0.152. The second-order valence-electron chi connectivity index (χ2n) is 6.98. The van der Waals surface area contributed by atoms with E-state index in [1.807, 2.05) is 35.0 Å². The van der Waals surface area contributed by atoms with Crippen LogP contribution in [0.1, 0.15) is 31.4 Å². The van der Waals surface area contributed by atoms with Crippen molar-refractivity contribution in [3.05, 3.63) is 35.9 Å². The fraction of sp³-hybridized carbons (Fsp3) is 0.579. The molecule has 1 saturated heterocycles. The van der Waals surface area contributed by atoms with Crippen LogP contribution in [0.2, 0.25) is 0 Å². The maximum Gasteiger partial charge on any atom is 0.236 e. The Morgan fingerprint density at radius 1 is 1.08 bits per heavy atom. The molecule has 5 nitrogen and oxygen atoms in total. The third-order valence-electron chi connectivity index (χ3n) is 5.20. The molecule has 1 atom stereocenters. The van der Waals surface area contributed by atoms with Gasteiger partial charge in [-0.2, -0.15) is 0 Å². The van der Waals surface area contributed by atoms with E-state index in [4.69, 9.17) is 0 Å². The molecule has 1 aromatic carbocycles. The van der Waals surface area contributed by atoms with E-state index < -0.39 is 0 Å². The average molecular weight is 329 g/mol. The minimum absolute atomic E-state index is 0.152. The monoisotopic (exact) mass is 329 g/mol. The fourth-order valence-corrected chi connectivity index (χ4v) is 3.20. The van der Waals surface area contributed by atoms with E-state index in [0.29, 0.717) is 32.7 Å². The standard InChI is InChI=1S/C19H27N3O2/c1-15(16-6-4-3-5-7-16)20(2)14-18(23)21-10-12-22(13-11-21)19(24)17-8-9-17/h3-7,15,17H,8-14H2,1-2H3. The maximum absolute atomic E-state index is 12.5. The predicted molar refractivity (Wildman–Crippen MR) is 93.4 cm³/mol. The van der Waals surface area contributed by atoms with Gasteiger partial charge in [-0.25, -0.2) is 0 Å². The molecule has 24 heavy (non-hydrogen) atoms. The largest absolute Gasteiger partial charge is 0.339 e. The molecule has 0 N–H and O–H groups in total. The van der Waals surface area contributed by atoms with Crippen LogP contribution < -0.4 is 0 Å². The van der Waals surface area contributed by atoms with Gasteiger partial charge in [-0.05, 0) is 32.4 Å². The van der Waals surface area contributed by atoms with Crippen LogP contribution in [0.25, 0.3) is 0 Å². The molecule has 0 aromatic heterocycles. The maximum atomic E-state index is 12.5. The average Bonchev–Trinajstić information content (AvgIpc) is 3.46. The zero-order valence-electron chi connectivity index (χ0n) is 14.6. The number of rotatable bonds is 5. The van der Waals surface area contributed by atoms with E-state index >= 15 is 0 Å². The summed E-state index contributed by atoms with van der Waals surface area (Å²) in [6, 6.07) is 10.4. The molecule has 1 aromatic rings. The Bertz CT molecular complexity index is 578. The quantitative estimate of drug-likeness (QED) is 0.827. The number of carbonyl (C=O) groups is 2. The molecule has 0 bridgehead atoms. The molecule has 3 rings (SSSR count). The smallest absolute Gasteiger partial charge is 0.236 e. The fourth-order valence-electron chi connectivity index (χ4n) is 3.20. The first-order valence-corrected chi connectivity index (χ1v) is 8.88. The summed E-state index contributed by atoms with van der Waals surface area (Å²) >= 11 is 0. The van der Waals surface area contributed by atoms with Gasteiger partial charge in [-0.1, -0.05) is 30.3 Å². The summed E-state index contributed by atoms with van der Waals surface area (Å²) in [5, 5.41) is 0. The van der Waals surface area contributed by atoms with E-state index in [0.717, 1.165) is 12.8 Å². The van der Waals surface area contributed by atoms with Crippen LogP contribution >= 0.6 is 0 Å². The summed E-state index contributed by atoms with van der Waals surface area (Å²) in [5.41, 5.74) is 1.22. The van der Waals surface area contributed by atoms with Crippen LogP contribution in [-0.4, -0.2) is 66.3 Å². The number of carbonyl (C=O) groups excluding carboxylic acids is 2. The van der Waals surface area contributed by atoms with Crippen molar-refractivity contribution in [3.63, 3.8) is 0 Å². The molecule has 1 aliphatic heterocycles. The van der Waals surface area contributed by atoms with Gasteiger partial charge in [0.25, 0.3) is 0 Å². The highest BCUT2D eigenvalue weighted by molar-refractivity contribution is 5.82. The number of likely N-dealkylation sites (N-methyl/N-ethyl adjacent to an activating group) is 1. The lowest BCUT2D eigenvalue weighted by Crippen LogP contribution is -2.52. The van der Waals surface area contributed by atoms with Gasteiger partial charge in [0.1, 0.15) is 0 Å². The first-order valence-electron chi connectivity index (χ1n) is 8.88. The van der Waals surface area contributed by atoms with Crippen molar-refractivity contribution in [2.24, 2.45) is 5.92 Å². The summed E-state index contributed by atoms with van der Waals surface area (Å²) in [5.74, 6) is 0.709. The molecule has 1 aliphatic carbocycles. The number of piperazine rings is 1. The van der Waals surface area contributed by atoms with Crippen molar-refractivity contribution in [2.45, 2.75) is 25.8 Å². The molecule has 2 aliphatic rings. The van der Waals surface area contributed by atoms with Crippen LogP contribution in [-0.2, 0) is 9.59 Å². The Kier molecular flexibility index (Phi) is 5.19. The highest BCUT2D eigenvalue weighted by Crippen LogP contribution is 2.31. The molecule has 2 fully saturated rings. The van der Waals surface area contributed by atoms with E-state index in [2.05, 4.69) is 24.0 Å². The number of nitrogens with zero attached hydrogens (tertiary/aromatic N) is 3. The lowest BCUT2D eigenvalue weighted by atomic mass is 10.1. The van der Waals surface area contributed by atoms with Crippen LogP contribution in [0.5, 0.6) is 0 Å². The first-order chi connectivity index (χ1) is 11.6. The van der Waals surface area contributed by atoms with Crippen molar-refractivity contribution in [3.8, 4) is 0 Å². The Morgan fingerprint density at radius 3 is 2.25 bits per heavy atom. The summed E-state index contributed by atoms with van der Waals surface area (Å²) in [6.45, 7) is 5.20. The minimum Gasteiger partial charge on any atom is -0.339 e. The second kappa shape index (κ2) is 7.34. The van der Waals surface area contributed by atoms with Gasteiger partial charge in [0.2, 0.25) is 11.8 Å². The molecule has 1 unspecified atom stereocenters. The number of amides is 2. The number of benzene rings is 1. The Labute approximate surface area is 144 Å². The van der Waals surface area contributed by atoms with E-state index in [9.17, 15) is 9.59 Å². The van der Waals surface area contributed by atoms with Gasteiger partial charge in [0.15, 0.2) is 0 Å². The summed E-state index contributed by atoms with van der Waals surface area (Å²) in [6.07, 6.45) is 2.08. The topological polar surface area (TPSA) is 43.9 Å². The zero-order valence-corrected chi connectivity index (χ0v) is 14.6. The molecular formula is C19H27N3O2. The summed E-state index contributed by atoms with van der Waals surface area (Å²) < 4.78 is 0. The number of hydrogen-bond acceptors (Lipinski definition) is 3. The van der Waals surface area contributed by atoms with Gasteiger partial charge < -0.3 is 9.80 Å². The normalized spacial score (nSPS) is 19.5. The van der Waals surface area contributed by atoms with Crippen molar-refractivity contribution < 1.29 is 9.59 Å². The van der Waals surface area contributed by atoms with Gasteiger partial charge in [-0.15, -0.1) is 0 Å². The van der Waals surface area contributed by atoms with Crippen LogP contribution in [0, 0.1) is 5.92 Å². The predicted octanol–water partition coefficient (Wildman–Crippen LogP) is 1.76. The van der Waals surface area contributed by atoms with E-state index in [-0.39, 0.29) is 23.8 Å². The van der Waals surface area contributed by atoms with Gasteiger partial charge in [0.05, 0.1) is 6.54 Å². The van der Waals surface area contributed by atoms with Gasteiger partial charge in [-0.3, -0.25) is 14.5 Å². The Morgan fingerprint density at radius 2 is 1.67 bits per heavy atom. The lowest BCUT2D eigenvalue weighted by Gasteiger charge is -2.36. The van der Waals surface area contributed by atoms with E-state index in [1.165, 1.54) is 5.56 Å². The molecule has 0 spiro atoms. The summed E-state index contributed by atoms with van der Waals surface area (Å²) in [7, 11) is 1.99. The van der Waals surface area contributed by atoms with Gasteiger partial charge in [0, 0.05) is 38.1 Å². The van der Waals surface area contributed by atoms with Crippen LogP contribution in [0.15, 0.2) is 30.3 Å². The molecule has 5 heteroatoms. The highest BCUT2D eigenvalue weighted by atomic mass is 16.2. The number of hydrogen-bond donors (Lipinski definition) is 0. The Hall–Kier alpha value is -1.88. The molecular weight excluding hydrogens is 302 g/mol. The lowest BCUT2D eigenvalue weighted by molar-refractivity contribution is -0.141. The second-order valence-corrected chi connectivity index (χ2v) is 6.98. The molecule has 0 radical (unpaired) electrons. The Balaban J connectivity index is 1.47. The van der Waals surface area contributed by atoms with Crippen molar-refractivity contribution in [1.82, 2.24) is 14.7 Å². The molecule has 1 saturated carbocycles. The van der Waals surface area contributed by atoms with Crippen molar-refractivity contribution in [2.75, 3.05) is 39.8 Å². The van der Waals surface area contributed by atoms with E-state index in [1.54, 1.807) is 0 Å². The van der Waals surface area contributed by atoms with Crippen LogP contribution in [0.4, 0.5) is 0 Å². The molecule has 130 valence electrons. The van der Waals surface area contributed by atoms with Crippen molar-refractivity contribution >= 4 is 11.8 Å².